The van der Waals surface area contributed by atoms with E-state index in [-0.39, 0.29) is 0 Å². The van der Waals surface area contributed by atoms with Gasteiger partial charge in [0.2, 0.25) is 0 Å². The van der Waals surface area contributed by atoms with Crippen molar-refractivity contribution >= 4 is 21.9 Å². The van der Waals surface area contributed by atoms with Gasteiger partial charge in [-0.25, -0.2) is 0 Å². The summed E-state index contributed by atoms with van der Waals surface area (Å²) in [5.41, 5.74) is 13.7. The second kappa shape index (κ2) is 6.95. The van der Waals surface area contributed by atoms with Crippen LogP contribution in [0, 0.1) is 6.92 Å². The summed E-state index contributed by atoms with van der Waals surface area (Å²) in [6, 6.07) is 37.4. The molecule has 1 aliphatic carbocycles. The van der Waals surface area contributed by atoms with E-state index in [1.807, 2.05) is 12.1 Å². The molecule has 1 nitrogen and oxygen atoms in total. The lowest BCUT2D eigenvalue weighted by atomic mass is 9.95. The molecular weight excluding hydrogens is 400 g/mol. The van der Waals surface area contributed by atoms with Gasteiger partial charge in [-0.15, -0.1) is 0 Å². The zero-order valence-electron chi connectivity index (χ0n) is 18.4. The molecule has 6 aromatic rings. The van der Waals surface area contributed by atoms with Gasteiger partial charge in [-0.05, 0) is 88.2 Å². The van der Waals surface area contributed by atoms with Gasteiger partial charge >= 0.3 is 0 Å². The Bertz CT molecular complexity index is 1700. The topological polar surface area (TPSA) is 13.1 Å². The summed E-state index contributed by atoms with van der Waals surface area (Å²) < 4.78 is 6.02. The zero-order valence-corrected chi connectivity index (χ0v) is 18.4. The third-order valence-corrected chi connectivity index (χ3v) is 6.95. The monoisotopic (exact) mass is 422 g/mol. The van der Waals surface area contributed by atoms with Crippen molar-refractivity contribution < 1.29 is 4.42 Å². The Morgan fingerprint density at radius 1 is 0.515 bits per heavy atom. The highest BCUT2D eigenvalue weighted by Crippen LogP contribution is 2.40. The Kier molecular flexibility index (Phi) is 3.89. The summed E-state index contributed by atoms with van der Waals surface area (Å²) in [5.74, 6) is 0. The van der Waals surface area contributed by atoms with Gasteiger partial charge < -0.3 is 4.42 Å². The van der Waals surface area contributed by atoms with Crippen LogP contribution in [0.15, 0.2) is 108 Å². The van der Waals surface area contributed by atoms with Gasteiger partial charge in [-0.2, -0.15) is 0 Å². The molecule has 0 radical (unpaired) electrons. The maximum absolute atomic E-state index is 6.02. The Morgan fingerprint density at radius 2 is 1.18 bits per heavy atom. The van der Waals surface area contributed by atoms with E-state index in [1.165, 1.54) is 50.1 Å². The van der Waals surface area contributed by atoms with Crippen molar-refractivity contribution in [1.82, 2.24) is 0 Å². The Labute approximate surface area is 192 Å². The number of rotatable bonds is 2. The van der Waals surface area contributed by atoms with E-state index in [0.29, 0.717) is 0 Å². The van der Waals surface area contributed by atoms with Gasteiger partial charge in [-0.3, -0.25) is 0 Å². The van der Waals surface area contributed by atoms with Gasteiger partial charge in [0.25, 0.3) is 0 Å². The van der Waals surface area contributed by atoms with Crippen molar-refractivity contribution in [2.75, 3.05) is 0 Å². The van der Waals surface area contributed by atoms with Crippen molar-refractivity contribution in [3.8, 4) is 33.4 Å². The van der Waals surface area contributed by atoms with Crippen LogP contribution >= 0.6 is 0 Å². The van der Waals surface area contributed by atoms with E-state index < -0.39 is 0 Å². The summed E-state index contributed by atoms with van der Waals surface area (Å²) in [6.45, 7) is 2.17. The number of furan rings is 1. The van der Waals surface area contributed by atoms with Crippen LogP contribution in [0.3, 0.4) is 0 Å². The summed E-state index contributed by atoms with van der Waals surface area (Å²) in [6.07, 6.45) is 1.03. The fourth-order valence-electron chi connectivity index (χ4n) is 5.25. The number of fused-ring (bicyclic) bond motifs is 6. The first-order valence-electron chi connectivity index (χ1n) is 11.5. The average molecular weight is 423 g/mol. The van der Waals surface area contributed by atoms with Crippen LogP contribution in [-0.4, -0.2) is 0 Å². The highest BCUT2D eigenvalue weighted by atomic mass is 16.3. The Hall–Kier alpha value is -4.10. The lowest BCUT2D eigenvalue weighted by molar-refractivity contribution is 0.669. The van der Waals surface area contributed by atoms with E-state index in [2.05, 4.69) is 97.9 Å². The van der Waals surface area contributed by atoms with Crippen molar-refractivity contribution in [3.05, 3.63) is 120 Å². The van der Waals surface area contributed by atoms with Crippen molar-refractivity contribution in [2.45, 2.75) is 13.3 Å². The van der Waals surface area contributed by atoms with Gasteiger partial charge in [0, 0.05) is 10.8 Å². The highest BCUT2D eigenvalue weighted by molar-refractivity contribution is 6.06. The minimum Gasteiger partial charge on any atom is -0.456 e. The van der Waals surface area contributed by atoms with Crippen LogP contribution in [-0.2, 0) is 6.42 Å². The third kappa shape index (κ3) is 2.93. The lowest BCUT2D eigenvalue weighted by Crippen LogP contribution is -1.85. The molecule has 7 rings (SSSR count). The van der Waals surface area contributed by atoms with Gasteiger partial charge in [-0.1, -0.05) is 78.4 Å². The standard InChI is InChI=1S/C32H22O/c1-20-9-10-25-17-26-12-11-23(18-29(26)28(25)15-20)21-5-4-6-22(16-21)24-13-14-32-30(19-24)27-7-2-3-8-31(27)33-32/h2-16,18-19H,17H2,1H3. The minimum absolute atomic E-state index is 0.934. The smallest absolute Gasteiger partial charge is 0.135 e. The van der Waals surface area contributed by atoms with Crippen LogP contribution in [0.5, 0.6) is 0 Å². The first kappa shape index (κ1) is 18.5. The van der Waals surface area contributed by atoms with Crippen molar-refractivity contribution in [1.29, 1.82) is 0 Å². The van der Waals surface area contributed by atoms with E-state index in [4.69, 9.17) is 4.42 Å². The lowest BCUT2D eigenvalue weighted by Gasteiger charge is -2.09. The van der Waals surface area contributed by atoms with Crippen LogP contribution in [0.25, 0.3) is 55.3 Å². The molecule has 0 amide bonds. The molecule has 33 heavy (non-hydrogen) atoms. The highest BCUT2D eigenvalue weighted by Gasteiger charge is 2.19. The molecule has 0 saturated heterocycles. The quantitative estimate of drug-likeness (QED) is 0.271. The van der Waals surface area contributed by atoms with E-state index in [1.54, 1.807) is 0 Å². The zero-order chi connectivity index (χ0) is 21.9. The van der Waals surface area contributed by atoms with Crippen molar-refractivity contribution in [3.63, 3.8) is 0 Å². The maximum Gasteiger partial charge on any atom is 0.135 e. The molecular formula is C32H22O. The molecule has 0 unspecified atom stereocenters. The molecule has 0 saturated carbocycles. The molecule has 0 spiro atoms. The summed E-state index contributed by atoms with van der Waals surface area (Å²) in [5, 5.41) is 2.33. The summed E-state index contributed by atoms with van der Waals surface area (Å²) in [7, 11) is 0. The fourth-order valence-corrected chi connectivity index (χ4v) is 5.25. The van der Waals surface area contributed by atoms with E-state index in [0.717, 1.165) is 28.4 Å². The second-order valence-corrected chi connectivity index (χ2v) is 9.10. The molecule has 1 aromatic heterocycles. The van der Waals surface area contributed by atoms with Crippen molar-refractivity contribution in [2.24, 2.45) is 0 Å². The number of hydrogen-bond donors (Lipinski definition) is 0. The van der Waals surface area contributed by atoms with E-state index >= 15 is 0 Å². The molecule has 0 fully saturated rings. The number of para-hydroxylation sites is 1. The fraction of sp³-hybridized carbons (Fsp3) is 0.0625. The Morgan fingerprint density at radius 3 is 2.06 bits per heavy atom. The summed E-state index contributed by atoms with van der Waals surface area (Å²) >= 11 is 0. The first-order valence-corrected chi connectivity index (χ1v) is 11.5. The number of benzene rings is 5. The molecule has 156 valence electrons. The van der Waals surface area contributed by atoms with Crippen LogP contribution in [0.1, 0.15) is 16.7 Å². The van der Waals surface area contributed by atoms with Gasteiger partial charge in [0.05, 0.1) is 0 Å². The number of aryl methyl sites for hydroxylation is 1. The minimum atomic E-state index is 0.934. The van der Waals surface area contributed by atoms with Crippen LogP contribution in [0.2, 0.25) is 0 Å². The second-order valence-electron chi connectivity index (χ2n) is 9.10. The summed E-state index contributed by atoms with van der Waals surface area (Å²) in [4.78, 5) is 0. The largest absolute Gasteiger partial charge is 0.456 e. The van der Waals surface area contributed by atoms with E-state index in [9.17, 15) is 0 Å². The number of hydrogen-bond acceptors (Lipinski definition) is 1. The predicted molar refractivity (Wildman–Crippen MR) is 138 cm³/mol. The molecule has 1 aliphatic rings. The molecule has 1 heteroatoms. The first-order chi connectivity index (χ1) is 16.2. The third-order valence-electron chi connectivity index (χ3n) is 6.95. The predicted octanol–water partition coefficient (Wildman–Crippen LogP) is 8.80. The SMILES string of the molecule is Cc1ccc2c(c1)-c1cc(-c3cccc(-c4ccc5oc6ccccc6c5c4)c3)ccc1C2. The van der Waals surface area contributed by atoms with Gasteiger partial charge in [0.1, 0.15) is 11.2 Å². The molecule has 5 aromatic carbocycles. The normalized spacial score (nSPS) is 12.3. The maximum atomic E-state index is 6.02. The average Bonchev–Trinajstić information content (AvgIpc) is 3.41. The van der Waals surface area contributed by atoms with Crippen LogP contribution < -0.4 is 0 Å². The molecule has 1 heterocycles. The molecule has 0 bridgehead atoms. The Balaban J connectivity index is 1.33. The molecule has 0 aliphatic heterocycles. The molecule has 0 N–H and O–H groups in total. The molecule has 0 atom stereocenters. The van der Waals surface area contributed by atoms with Gasteiger partial charge in [0.15, 0.2) is 0 Å². The van der Waals surface area contributed by atoms with Crippen LogP contribution in [0.4, 0.5) is 0 Å².